The van der Waals surface area contributed by atoms with E-state index in [0.29, 0.717) is 42.3 Å². The summed E-state index contributed by atoms with van der Waals surface area (Å²) in [5.41, 5.74) is 3.99. The van der Waals surface area contributed by atoms with E-state index in [1.807, 2.05) is 0 Å². The molecule has 0 atom stereocenters. The van der Waals surface area contributed by atoms with Crippen LogP contribution >= 0.6 is 11.6 Å². The lowest BCUT2D eigenvalue weighted by atomic mass is 9.90. The van der Waals surface area contributed by atoms with Crippen molar-refractivity contribution in [3.05, 3.63) is 64.6 Å². The minimum atomic E-state index is -4.63. The number of halogens is 7. The monoisotopic (exact) mass is 555 g/mol. The van der Waals surface area contributed by atoms with Gasteiger partial charge in [0.1, 0.15) is 11.3 Å². The number of amides is 1. The molecule has 4 aromatic rings. The molecule has 3 heterocycles. The second kappa shape index (κ2) is 9.33. The Bertz CT molecular complexity index is 1540. The summed E-state index contributed by atoms with van der Waals surface area (Å²) in [6.07, 6.45) is -4.95. The zero-order valence-electron chi connectivity index (χ0n) is 19.5. The van der Waals surface area contributed by atoms with Crippen LogP contribution in [0.25, 0.3) is 21.9 Å². The number of carbonyl (C=O) groups excluding carboxylic acids is 1. The fraction of sp³-hybridized carbons (Fsp3) is 0.320. The SMILES string of the molecule is NC(=O)c1cn(C2CCC(Nc3cc(C(F)(F)F)nc4ccc(Cl)cc34)CC2)c2ncc(C(F)(F)F)cc12. The summed E-state index contributed by atoms with van der Waals surface area (Å²) in [5.74, 6) is -0.867. The van der Waals surface area contributed by atoms with Crippen molar-refractivity contribution in [3.63, 3.8) is 0 Å². The van der Waals surface area contributed by atoms with Crippen molar-refractivity contribution in [2.45, 2.75) is 50.1 Å². The number of nitrogens with one attached hydrogen (secondary N) is 1. The number of hydrogen-bond acceptors (Lipinski definition) is 4. The minimum absolute atomic E-state index is 0.0207. The molecule has 0 unspecified atom stereocenters. The molecular formula is C25H20ClF6N5O. The quantitative estimate of drug-likeness (QED) is 0.266. The number of carbonyl (C=O) groups is 1. The van der Waals surface area contributed by atoms with E-state index in [2.05, 4.69) is 15.3 Å². The van der Waals surface area contributed by atoms with E-state index in [1.165, 1.54) is 18.3 Å². The van der Waals surface area contributed by atoms with Crippen LogP contribution in [-0.2, 0) is 12.4 Å². The number of benzene rings is 1. The molecule has 3 aromatic heterocycles. The Labute approximate surface area is 216 Å². The first-order valence-corrected chi connectivity index (χ1v) is 12.0. The van der Waals surface area contributed by atoms with Gasteiger partial charge in [0.25, 0.3) is 5.91 Å². The summed E-state index contributed by atoms with van der Waals surface area (Å²) in [4.78, 5) is 19.7. The van der Waals surface area contributed by atoms with Crippen molar-refractivity contribution in [3.8, 4) is 0 Å². The van der Waals surface area contributed by atoms with Crippen LogP contribution in [0.5, 0.6) is 0 Å². The van der Waals surface area contributed by atoms with Crippen molar-refractivity contribution in [1.82, 2.24) is 14.5 Å². The van der Waals surface area contributed by atoms with Gasteiger partial charge in [0.2, 0.25) is 0 Å². The van der Waals surface area contributed by atoms with E-state index in [1.54, 1.807) is 10.6 Å². The molecule has 0 radical (unpaired) electrons. The van der Waals surface area contributed by atoms with Gasteiger partial charge in [0.05, 0.1) is 16.6 Å². The van der Waals surface area contributed by atoms with Gasteiger partial charge in [-0.2, -0.15) is 26.3 Å². The molecule has 13 heteroatoms. The van der Waals surface area contributed by atoms with Crippen molar-refractivity contribution in [2.24, 2.45) is 5.73 Å². The average Bonchev–Trinajstić information content (AvgIpc) is 3.23. The van der Waals surface area contributed by atoms with Gasteiger partial charge in [-0.25, -0.2) is 9.97 Å². The maximum atomic E-state index is 13.4. The molecule has 1 aliphatic rings. The third-order valence-electron chi connectivity index (χ3n) is 6.77. The summed E-state index contributed by atoms with van der Waals surface area (Å²) in [6.45, 7) is 0. The van der Waals surface area contributed by atoms with Gasteiger partial charge in [0.15, 0.2) is 0 Å². The van der Waals surface area contributed by atoms with E-state index >= 15 is 0 Å². The molecule has 0 spiro atoms. The lowest BCUT2D eigenvalue weighted by Gasteiger charge is -2.31. The number of rotatable bonds is 4. The second-order valence-electron chi connectivity index (χ2n) is 9.27. The summed E-state index contributed by atoms with van der Waals surface area (Å²) in [7, 11) is 0. The highest BCUT2D eigenvalue weighted by molar-refractivity contribution is 6.31. The predicted octanol–water partition coefficient (Wildman–Crippen LogP) is 6.97. The van der Waals surface area contributed by atoms with Gasteiger partial charge in [-0.3, -0.25) is 4.79 Å². The first-order valence-electron chi connectivity index (χ1n) is 11.6. The first kappa shape index (κ1) is 26.1. The summed E-state index contributed by atoms with van der Waals surface area (Å²) in [5, 5.41) is 4.03. The van der Waals surface area contributed by atoms with Gasteiger partial charge in [0, 0.05) is 46.0 Å². The fourth-order valence-electron chi connectivity index (χ4n) is 4.94. The molecule has 1 aromatic carbocycles. The number of aromatic nitrogens is 3. The smallest absolute Gasteiger partial charge is 0.382 e. The summed E-state index contributed by atoms with van der Waals surface area (Å²) >= 11 is 6.07. The highest BCUT2D eigenvalue weighted by Crippen LogP contribution is 2.38. The zero-order valence-corrected chi connectivity index (χ0v) is 20.3. The molecule has 1 aliphatic carbocycles. The van der Waals surface area contributed by atoms with Crippen LogP contribution in [0.3, 0.4) is 0 Å². The lowest BCUT2D eigenvalue weighted by Crippen LogP contribution is -2.27. The average molecular weight is 556 g/mol. The molecule has 0 aliphatic heterocycles. The number of anilines is 1. The van der Waals surface area contributed by atoms with Crippen molar-refractivity contribution in [2.75, 3.05) is 5.32 Å². The van der Waals surface area contributed by atoms with Crippen LogP contribution in [0.15, 0.2) is 42.7 Å². The molecule has 38 heavy (non-hydrogen) atoms. The number of hydrogen-bond donors (Lipinski definition) is 2. The standard InChI is InChI=1S/C25H20ClF6N5O/c26-13-1-6-19-17(8-13)20(9-21(36-19)25(30,31)32)35-14-2-4-15(5-3-14)37-11-18(22(33)38)16-7-12(24(27,28)29)10-34-23(16)37/h1,6-11,14-15H,2-5H2,(H2,33,38)(H,35,36). The number of nitrogens with zero attached hydrogens (tertiary/aromatic N) is 3. The van der Waals surface area contributed by atoms with Crippen LogP contribution < -0.4 is 11.1 Å². The van der Waals surface area contributed by atoms with Crippen molar-refractivity contribution in [1.29, 1.82) is 0 Å². The highest BCUT2D eigenvalue weighted by Gasteiger charge is 2.35. The third kappa shape index (κ3) is 4.96. The number of pyridine rings is 2. The van der Waals surface area contributed by atoms with Crippen molar-refractivity contribution < 1.29 is 31.1 Å². The van der Waals surface area contributed by atoms with Gasteiger partial charge < -0.3 is 15.6 Å². The predicted molar refractivity (Wildman–Crippen MR) is 130 cm³/mol. The molecule has 0 saturated heterocycles. The topological polar surface area (TPSA) is 85.8 Å². The molecule has 1 amide bonds. The van der Waals surface area contributed by atoms with E-state index in [4.69, 9.17) is 17.3 Å². The van der Waals surface area contributed by atoms with Gasteiger partial charge in [-0.1, -0.05) is 11.6 Å². The van der Waals surface area contributed by atoms with Gasteiger partial charge in [-0.05, 0) is 56.0 Å². The Balaban J connectivity index is 1.40. The van der Waals surface area contributed by atoms with Gasteiger partial charge in [-0.15, -0.1) is 0 Å². The van der Waals surface area contributed by atoms with Crippen LogP contribution in [-0.4, -0.2) is 26.5 Å². The second-order valence-corrected chi connectivity index (χ2v) is 9.71. The van der Waals surface area contributed by atoms with Gasteiger partial charge >= 0.3 is 12.4 Å². The number of nitrogens with two attached hydrogens (primary N) is 1. The molecule has 6 nitrogen and oxygen atoms in total. The Morgan fingerprint density at radius 1 is 1.00 bits per heavy atom. The molecule has 5 rings (SSSR count). The molecule has 1 fully saturated rings. The Morgan fingerprint density at radius 3 is 2.34 bits per heavy atom. The molecule has 200 valence electrons. The van der Waals surface area contributed by atoms with Crippen molar-refractivity contribution >= 4 is 45.1 Å². The number of alkyl halides is 6. The van der Waals surface area contributed by atoms with Crippen LogP contribution in [0, 0.1) is 0 Å². The van der Waals surface area contributed by atoms with Crippen LogP contribution in [0.4, 0.5) is 32.0 Å². The molecule has 0 bridgehead atoms. The maximum Gasteiger partial charge on any atom is 0.433 e. The molecule has 3 N–H and O–H groups in total. The Kier molecular flexibility index (Phi) is 6.41. The third-order valence-corrected chi connectivity index (χ3v) is 7.01. The fourth-order valence-corrected chi connectivity index (χ4v) is 5.11. The molecule has 1 saturated carbocycles. The Hall–Kier alpha value is -3.54. The normalized spacial score (nSPS) is 18.7. The maximum absolute atomic E-state index is 13.4. The minimum Gasteiger partial charge on any atom is -0.382 e. The van der Waals surface area contributed by atoms with Crippen LogP contribution in [0.2, 0.25) is 5.02 Å². The molecular weight excluding hydrogens is 536 g/mol. The highest BCUT2D eigenvalue weighted by atomic mass is 35.5. The van der Waals surface area contributed by atoms with E-state index in [9.17, 15) is 31.1 Å². The van der Waals surface area contributed by atoms with E-state index in [0.717, 1.165) is 12.1 Å². The van der Waals surface area contributed by atoms with E-state index in [-0.39, 0.29) is 39.9 Å². The number of primary amides is 1. The Morgan fingerprint density at radius 2 is 1.71 bits per heavy atom. The number of fused-ring (bicyclic) bond motifs is 2. The van der Waals surface area contributed by atoms with E-state index < -0.39 is 29.5 Å². The summed E-state index contributed by atoms with van der Waals surface area (Å²) < 4.78 is 81.6. The first-order chi connectivity index (χ1) is 17.8. The lowest BCUT2D eigenvalue weighted by molar-refractivity contribution is -0.141. The zero-order chi connectivity index (χ0) is 27.4. The summed E-state index contributed by atoms with van der Waals surface area (Å²) in [6, 6.07) is 5.91. The van der Waals surface area contributed by atoms with Crippen LogP contribution in [0.1, 0.15) is 53.3 Å². The largest absolute Gasteiger partial charge is 0.433 e.